The number of ether oxygens (including phenoxy) is 1. The third kappa shape index (κ3) is 4.57. The van der Waals surface area contributed by atoms with E-state index in [-0.39, 0.29) is 32.8 Å². The van der Waals surface area contributed by atoms with Crippen molar-refractivity contribution in [1.82, 2.24) is 19.3 Å². The first-order chi connectivity index (χ1) is 15.8. The first-order valence-electron chi connectivity index (χ1n) is 9.21. The first-order valence-corrected chi connectivity index (χ1v) is 9.97. The Labute approximate surface area is 193 Å². The maximum absolute atomic E-state index is 13.2. The van der Waals surface area contributed by atoms with Gasteiger partial charge in [0.05, 0.1) is 21.9 Å². The summed E-state index contributed by atoms with van der Waals surface area (Å²) in [6.45, 7) is -1.18. The van der Waals surface area contributed by atoms with Gasteiger partial charge in [-0.25, -0.2) is 13.6 Å². The zero-order valence-corrected chi connectivity index (χ0v) is 17.9. The second-order valence-electron chi connectivity index (χ2n) is 6.64. The number of halogens is 4. The third-order valence-corrected chi connectivity index (χ3v) is 5.02. The van der Waals surface area contributed by atoms with Gasteiger partial charge >= 0.3 is 5.69 Å². The Morgan fingerprint density at radius 3 is 2.27 bits per heavy atom. The summed E-state index contributed by atoms with van der Waals surface area (Å²) < 4.78 is 33.9. The highest BCUT2D eigenvalue weighted by atomic mass is 35.5. The Balaban J connectivity index is 1.72. The van der Waals surface area contributed by atoms with Crippen LogP contribution in [0.4, 0.5) is 8.78 Å². The molecule has 4 rings (SSSR count). The standard InChI is InChI=1S/C21H12Cl2F2N4O4/c22-15-7-13(29-21(32)26-20(31)17(9-24)27-29)8-16(23)19(15)33-14-5-6-18(30)28(10-14)12-3-1-11(25)2-4-12/h1-8,10H,9H2,(H,26,31,32). The van der Waals surface area contributed by atoms with E-state index in [2.05, 4.69) is 5.10 Å². The molecule has 0 unspecified atom stereocenters. The minimum atomic E-state index is -1.18. The topological polar surface area (TPSA) is 99.0 Å². The van der Waals surface area contributed by atoms with E-state index in [1.807, 2.05) is 4.98 Å². The first kappa shape index (κ1) is 22.4. The molecule has 4 aromatic rings. The summed E-state index contributed by atoms with van der Waals surface area (Å²) >= 11 is 12.6. The number of alkyl halides is 1. The van der Waals surface area contributed by atoms with E-state index in [1.165, 1.54) is 59.3 Å². The van der Waals surface area contributed by atoms with Crippen LogP contribution in [0.1, 0.15) is 5.69 Å². The van der Waals surface area contributed by atoms with E-state index in [0.717, 1.165) is 4.68 Å². The van der Waals surface area contributed by atoms with Gasteiger partial charge in [-0.05, 0) is 42.5 Å². The number of rotatable bonds is 5. The van der Waals surface area contributed by atoms with Crippen LogP contribution in [-0.4, -0.2) is 19.3 Å². The van der Waals surface area contributed by atoms with Crippen LogP contribution in [-0.2, 0) is 6.67 Å². The van der Waals surface area contributed by atoms with Gasteiger partial charge in [-0.1, -0.05) is 23.2 Å². The number of nitrogens with one attached hydrogen (secondary N) is 1. The number of hydrogen-bond donors (Lipinski definition) is 1. The van der Waals surface area contributed by atoms with E-state index >= 15 is 0 Å². The van der Waals surface area contributed by atoms with Crippen molar-refractivity contribution in [2.75, 3.05) is 0 Å². The second kappa shape index (κ2) is 9.00. The van der Waals surface area contributed by atoms with Gasteiger partial charge in [-0.3, -0.25) is 19.1 Å². The Kier molecular flexibility index (Phi) is 6.12. The summed E-state index contributed by atoms with van der Waals surface area (Å²) in [4.78, 5) is 37.8. The summed E-state index contributed by atoms with van der Waals surface area (Å²) in [7, 11) is 0. The zero-order valence-electron chi connectivity index (χ0n) is 16.4. The molecule has 2 aromatic carbocycles. The van der Waals surface area contributed by atoms with Crippen LogP contribution < -0.4 is 21.5 Å². The van der Waals surface area contributed by atoms with E-state index < -0.39 is 29.4 Å². The summed E-state index contributed by atoms with van der Waals surface area (Å²) in [5.74, 6) is -0.253. The SMILES string of the molecule is O=c1[nH]c(=O)n(-c2cc(Cl)c(Oc3ccc(=O)n(-c4ccc(F)cc4)c3)c(Cl)c2)nc1CF. The highest BCUT2D eigenvalue weighted by Gasteiger charge is 2.16. The number of H-pyrrole nitrogens is 1. The molecule has 2 heterocycles. The Morgan fingerprint density at radius 1 is 0.970 bits per heavy atom. The van der Waals surface area contributed by atoms with Gasteiger partial charge in [0.15, 0.2) is 11.4 Å². The van der Waals surface area contributed by atoms with Crippen molar-refractivity contribution in [1.29, 1.82) is 0 Å². The lowest BCUT2D eigenvalue weighted by molar-refractivity contribution is 0.460. The number of pyridine rings is 1. The molecule has 0 saturated heterocycles. The number of nitrogens with zero attached hydrogens (tertiary/aromatic N) is 3. The molecule has 0 saturated carbocycles. The van der Waals surface area contributed by atoms with Gasteiger partial charge in [-0.15, -0.1) is 0 Å². The van der Waals surface area contributed by atoms with E-state index in [1.54, 1.807) is 0 Å². The van der Waals surface area contributed by atoms with E-state index in [9.17, 15) is 23.2 Å². The molecule has 168 valence electrons. The monoisotopic (exact) mass is 492 g/mol. The fourth-order valence-corrected chi connectivity index (χ4v) is 3.46. The smallest absolute Gasteiger partial charge is 0.349 e. The third-order valence-electron chi connectivity index (χ3n) is 4.46. The minimum Gasteiger partial charge on any atom is -0.453 e. The fraction of sp³-hybridized carbons (Fsp3) is 0.0476. The molecule has 2 aromatic heterocycles. The molecular formula is C21H12Cl2F2N4O4. The van der Waals surface area contributed by atoms with Gasteiger partial charge < -0.3 is 4.74 Å². The average molecular weight is 493 g/mol. The van der Waals surface area contributed by atoms with Crippen LogP contribution in [0.2, 0.25) is 10.0 Å². The van der Waals surface area contributed by atoms with Crippen molar-refractivity contribution in [3.05, 3.63) is 107 Å². The zero-order chi connectivity index (χ0) is 23.7. The highest BCUT2D eigenvalue weighted by molar-refractivity contribution is 6.37. The van der Waals surface area contributed by atoms with Crippen molar-refractivity contribution < 1.29 is 13.5 Å². The van der Waals surface area contributed by atoms with Crippen molar-refractivity contribution in [3.8, 4) is 22.9 Å². The molecule has 1 N–H and O–H groups in total. The molecule has 0 bridgehead atoms. The Bertz CT molecular complexity index is 1510. The molecule has 0 fully saturated rings. The molecule has 8 nitrogen and oxygen atoms in total. The van der Waals surface area contributed by atoms with Crippen LogP contribution in [0.5, 0.6) is 11.5 Å². The maximum atomic E-state index is 13.2. The molecule has 0 aliphatic heterocycles. The lowest BCUT2D eigenvalue weighted by Crippen LogP contribution is -2.33. The summed E-state index contributed by atoms with van der Waals surface area (Å²) in [5.41, 5.74) is -2.26. The molecule has 12 heteroatoms. The normalized spacial score (nSPS) is 10.9. The average Bonchev–Trinajstić information content (AvgIpc) is 2.78. The lowest BCUT2D eigenvalue weighted by Gasteiger charge is -2.13. The summed E-state index contributed by atoms with van der Waals surface area (Å²) in [5, 5.41) is 3.62. The predicted molar refractivity (Wildman–Crippen MR) is 117 cm³/mol. The van der Waals surface area contributed by atoms with Gasteiger partial charge in [0.2, 0.25) is 0 Å². The molecular weight excluding hydrogens is 481 g/mol. The Morgan fingerprint density at radius 2 is 1.64 bits per heavy atom. The van der Waals surface area contributed by atoms with Gasteiger partial charge in [-0.2, -0.15) is 9.78 Å². The predicted octanol–water partition coefficient (Wildman–Crippen LogP) is 3.78. The van der Waals surface area contributed by atoms with Crippen molar-refractivity contribution in [2.45, 2.75) is 6.67 Å². The summed E-state index contributed by atoms with van der Waals surface area (Å²) in [6, 6.07) is 10.5. The van der Waals surface area contributed by atoms with E-state index in [4.69, 9.17) is 27.9 Å². The van der Waals surface area contributed by atoms with E-state index in [0.29, 0.717) is 5.69 Å². The largest absolute Gasteiger partial charge is 0.453 e. The molecule has 0 amide bonds. The number of aromatic nitrogens is 4. The molecule has 33 heavy (non-hydrogen) atoms. The molecule has 0 spiro atoms. The Hall–Kier alpha value is -3.76. The van der Waals surface area contributed by atoms with Gasteiger partial charge in [0, 0.05) is 11.8 Å². The van der Waals surface area contributed by atoms with Crippen molar-refractivity contribution in [3.63, 3.8) is 0 Å². The van der Waals surface area contributed by atoms with Crippen molar-refractivity contribution >= 4 is 23.2 Å². The second-order valence-corrected chi connectivity index (χ2v) is 7.46. The van der Waals surface area contributed by atoms with Crippen LogP contribution in [0.15, 0.2) is 69.1 Å². The van der Waals surface area contributed by atoms with Crippen LogP contribution >= 0.6 is 23.2 Å². The fourth-order valence-electron chi connectivity index (χ4n) is 2.91. The maximum Gasteiger partial charge on any atom is 0.349 e. The quantitative estimate of drug-likeness (QED) is 0.457. The van der Waals surface area contributed by atoms with Crippen LogP contribution in [0.3, 0.4) is 0 Å². The van der Waals surface area contributed by atoms with Crippen molar-refractivity contribution in [2.24, 2.45) is 0 Å². The minimum absolute atomic E-state index is 0.00887. The number of hydrogen-bond acceptors (Lipinski definition) is 5. The number of benzene rings is 2. The van der Waals surface area contributed by atoms with Crippen LogP contribution in [0, 0.1) is 5.82 Å². The lowest BCUT2D eigenvalue weighted by atomic mass is 10.3. The summed E-state index contributed by atoms with van der Waals surface area (Å²) in [6.07, 6.45) is 1.37. The van der Waals surface area contributed by atoms with Crippen LogP contribution in [0.25, 0.3) is 11.4 Å². The molecule has 0 radical (unpaired) electrons. The number of aromatic amines is 1. The molecule has 0 atom stereocenters. The van der Waals surface area contributed by atoms with Gasteiger partial charge in [0.25, 0.3) is 11.1 Å². The molecule has 0 aliphatic rings. The highest BCUT2D eigenvalue weighted by Crippen LogP contribution is 2.38. The molecule has 0 aliphatic carbocycles. The van der Waals surface area contributed by atoms with Gasteiger partial charge in [0.1, 0.15) is 18.2 Å².